The smallest absolute Gasteiger partial charge is 0.227 e. The molecule has 126 valence electrons. The average Bonchev–Trinajstić information content (AvgIpc) is 2.61. The second-order valence-corrected chi connectivity index (χ2v) is 7.22. The minimum Gasteiger partial charge on any atom is -0.341 e. The van der Waals surface area contributed by atoms with E-state index in [0.717, 1.165) is 49.4 Å². The molecule has 1 aromatic heterocycles. The van der Waals surface area contributed by atoms with E-state index in [-0.39, 0.29) is 0 Å². The number of hydrogen-bond acceptors (Lipinski definition) is 4. The quantitative estimate of drug-likeness (QED) is 0.833. The molecule has 0 radical (unpaired) electrons. The molecule has 0 saturated carbocycles. The number of fused-ring (bicyclic) bond motifs is 1. The molecule has 1 fully saturated rings. The van der Waals surface area contributed by atoms with Crippen LogP contribution in [0.2, 0.25) is 0 Å². The fourth-order valence-electron chi connectivity index (χ4n) is 3.80. The highest BCUT2D eigenvalue weighted by molar-refractivity contribution is 5.66. The maximum absolute atomic E-state index is 4.95. The number of anilines is 3. The molecule has 0 atom stereocenters. The van der Waals surface area contributed by atoms with Gasteiger partial charge in [-0.2, -0.15) is 4.98 Å². The molecule has 4 heteroatoms. The molecule has 1 saturated heterocycles. The molecule has 0 bridgehead atoms. The summed E-state index contributed by atoms with van der Waals surface area (Å²) in [5.74, 6) is 2.77. The van der Waals surface area contributed by atoms with E-state index in [1.807, 2.05) is 0 Å². The first-order valence-electron chi connectivity index (χ1n) is 9.17. The van der Waals surface area contributed by atoms with Crippen molar-refractivity contribution in [3.63, 3.8) is 0 Å². The second kappa shape index (κ2) is 6.42. The number of piperidine rings is 1. The maximum Gasteiger partial charge on any atom is 0.227 e. The number of aromatic nitrogens is 2. The largest absolute Gasteiger partial charge is 0.341 e. The number of hydrogen-bond donors (Lipinski definition) is 0. The van der Waals surface area contributed by atoms with Crippen molar-refractivity contribution in [2.75, 3.05) is 29.4 Å². The molecule has 4 nitrogen and oxygen atoms in total. The molecular formula is C20H26N4. The normalized spacial score (nSPS) is 18.6. The third kappa shape index (κ3) is 2.97. The third-order valence-corrected chi connectivity index (χ3v) is 5.28. The predicted molar refractivity (Wildman–Crippen MR) is 99.1 cm³/mol. The van der Waals surface area contributed by atoms with Gasteiger partial charge >= 0.3 is 0 Å². The second-order valence-electron chi connectivity index (χ2n) is 7.22. The molecule has 24 heavy (non-hydrogen) atoms. The number of rotatable bonds is 2. The average molecular weight is 322 g/mol. The minimum absolute atomic E-state index is 0.819. The van der Waals surface area contributed by atoms with E-state index >= 15 is 0 Å². The Bertz CT molecular complexity index is 719. The highest BCUT2D eigenvalue weighted by atomic mass is 15.3. The van der Waals surface area contributed by atoms with Gasteiger partial charge in [0.2, 0.25) is 5.95 Å². The van der Waals surface area contributed by atoms with E-state index in [1.54, 1.807) is 0 Å². The topological polar surface area (TPSA) is 32.3 Å². The fourth-order valence-corrected chi connectivity index (χ4v) is 3.80. The molecule has 4 rings (SSSR count). The molecule has 0 N–H and O–H groups in total. The summed E-state index contributed by atoms with van der Waals surface area (Å²) >= 11 is 0. The lowest BCUT2D eigenvalue weighted by Crippen LogP contribution is -2.34. The van der Waals surface area contributed by atoms with Crippen molar-refractivity contribution >= 4 is 17.5 Å². The van der Waals surface area contributed by atoms with Crippen molar-refractivity contribution in [2.45, 2.75) is 39.5 Å². The van der Waals surface area contributed by atoms with E-state index in [2.05, 4.69) is 54.0 Å². The highest BCUT2D eigenvalue weighted by Gasteiger charge is 2.22. The van der Waals surface area contributed by atoms with Crippen molar-refractivity contribution < 1.29 is 0 Å². The summed E-state index contributed by atoms with van der Waals surface area (Å²) < 4.78 is 0. The number of para-hydroxylation sites is 1. The molecule has 0 spiro atoms. The van der Waals surface area contributed by atoms with Crippen LogP contribution in [-0.2, 0) is 6.42 Å². The predicted octanol–water partition coefficient (Wildman–Crippen LogP) is 4.11. The van der Waals surface area contributed by atoms with Gasteiger partial charge < -0.3 is 9.80 Å². The van der Waals surface area contributed by atoms with Crippen LogP contribution in [0.25, 0.3) is 0 Å². The molecule has 2 aromatic rings. The maximum atomic E-state index is 4.95. The van der Waals surface area contributed by atoms with Crippen LogP contribution in [-0.4, -0.2) is 29.6 Å². The lowest BCUT2D eigenvalue weighted by Gasteiger charge is -2.33. The lowest BCUT2D eigenvalue weighted by molar-refractivity contribution is 0.434. The van der Waals surface area contributed by atoms with Crippen molar-refractivity contribution in [2.24, 2.45) is 5.92 Å². The van der Waals surface area contributed by atoms with Crippen LogP contribution in [0.5, 0.6) is 0 Å². The minimum atomic E-state index is 0.819. The van der Waals surface area contributed by atoms with Crippen molar-refractivity contribution in [3.8, 4) is 0 Å². The Hall–Kier alpha value is -2.10. The van der Waals surface area contributed by atoms with Gasteiger partial charge in [-0.3, -0.25) is 0 Å². The van der Waals surface area contributed by atoms with Gasteiger partial charge in [-0.1, -0.05) is 25.1 Å². The van der Waals surface area contributed by atoms with Gasteiger partial charge in [-0.05, 0) is 50.2 Å². The Morgan fingerprint density at radius 1 is 1.04 bits per heavy atom. The van der Waals surface area contributed by atoms with Gasteiger partial charge in [-0.25, -0.2) is 4.98 Å². The summed E-state index contributed by atoms with van der Waals surface area (Å²) in [5.41, 5.74) is 3.78. The Labute approximate surface area is 144 Å². The van der Waals surface area contributed by atoms with Gasteiger partial charge in [0.25, 0.3) is 0 Å². The first-order valence-corrected chi connectivity index (χ1v) is 9.17. The Morgan fingerprint density at radius 2 is 1.83 bits per heavy atom. The van der Waals surface area contributed by atoms with Gasteiger partial charge in [0.15, 0.2) is 0 Å². The van der Waals surface area contributed by atoms with Crippen LogP contribution < -0.4 is 9.80 Å². The third-order valence-electron chi connectivity index (χ3n) is 5.28. The fraction of sp³-hybridized carbons (Fsp3) is 0.500. The van der Waals surface area contributed by atoms with Gasteiger partial charge in [0.05, 0.1) is 0 Å². The molecule has 2 aliphatic rings. The van der Waals surface area contributed by atoms with E-state index in [4.69, 9.17) is 9.97 Å². The lowest BCUT2D eigenvalue weighted by atomic mass is 10.00. The van der Waals surface area contributed by atoms with Gasteiger partial charge in [-0.15, -0.1) is 0 Å². The molecule has 0 aliphatic carbocycles. The molecule has 2 aliphatic heterocycles. The SMILES string of the molecule is Cc1cc(N2CCCc3ccccc32)nc(N2CCC(C)CC2)n1. The van der Waals surface area contributed by atoms with Crippen molar-refractivity contribution in [1.29, 1.82) is 0 Å². The standard InChI is InChI=1S/C20H26N4/c1-15-9-12-23(13-10-15)20-21-16(2)14-19(22-20)24-11-5-7-17-6-3-4-8-18(17)24/h3-4,6,8,14-15H,5,7,9-13H2,1-2H3. The highest BCUT2D eigenvalue weighted by Crippen LogP contribution is 2.33. The first kappa shape index (κ1) is 15.4. The van der Waals surface area contributed by atoms with Crippen LogP contribution in [0, 0.1) is 12.8 Å². The summed E-state index contributed by atoms with van der Waals surface area (Å²) in [6.45, 7) is 7.59. The van der Waals surface area contributed by atoms with E-state index in [0.29, 0.717) is 0 Å². The Balaban J connectivity index is 1.67. The number of aryl methyl sites for hydroxylation is 2. The zero-order valence-corrected chi connectivity index (χ0v) is 14.7. The monoisotopic (exact) mass is 322 g/mol. The Kier molecular flexibility index (Phi) is 4.13. The summed E-state index contributed by atoms with van der Waals surface area (Å²) in [6, 6.07) is 10.8. The molecular weight excluding hydrogens is 296 g/mol. The number of benzene rings is 1. The van der Waals surface area contributed by atoms with Crippen molar-refractivity contribution in [3.05, 3.63) is 41.6 Å². The Morgan fingerprint density at radius 3 is 2.67 bits per heavy atom. The summed E-state index contributed by atoms with van der Waals surface area (Å²) in [5, 5.41) is 0. The zero-order chi connectivity index (χ0) is 16.5. The van der Waals surface area contributed by atoms with E-state index < -0.39 is 0 Å². The summed E-state index contributed by atoms with van der Waals surface area (Å²) in [7, 11) is 0. The van der Waals surface area contributed by atoms with Crippen LogP contribution in [0.1, 0.15) is 37.4 Å². The van der Waals surface area contributed by atoms with Crippen LogP contribution in [0.15, 0.2) is 30.3 Å². The van der Waals surface area contributed by atoms with E-state index in [9.17, 15) is 0 Å². The van der Waals surface area contributed by atoms with Gasteiger partial charge in [0.1, 0.15) is 5.82 Å². The molecule has 3 heterocycles. The molecule has 1 aromatic carbocycles. The van der Waals surface area contributed by atoms with E-state index in [1.165, 1.54) is 30.5 Å². The van der Waals surface area contributed by atoms with Crippen LogP contribution >= 0.6 is 0 Å². The molecule has 0 unspecified atom stereocenters. The summed E-state index contributed by atoms with van der Waals surface area (Å²) in [6.07, 6.45) is 4.81. The van der Waals surface area contributed by atoms with Crippen LogP contribution in [0.4, 0.5) is 17.5 Å². The zero-order valence-electron chi connectivity index (χ0n) is 14.7. The summed E-state index contributed by atoms with van der Waals surface area (Å²) in [4.78, 5) is 14.4. The van der Waals surface area contributed by atoms with Crippen molar-refractivity contribution in [1.82, 2.24) is 9.97 Å². The first-order chi connectivity index (χ1) is 11.7. The van der Waals surface area contributed by atoms with Crippen LogP contribution in [0.3, 0.4) is 0 Å². The molecule has 0 amide bonds. The van der Waals surface area contributed by atoms with Gasteiger partial charge in [0, 0.05) is 37.1 Å². The number of nitrogens with zero attached hydrogens (tertiary/aromatic N) is 4.